The van der Waals surface area contributed by atoms with Gasteiger partial charge in [-0.15, -0.1) is 0 Å². The normalized spacial score (nSPS) is 11.9. The number of thiocarbonyl (C=S) groups is 1. The average Bonchev–Trinajstić information content (AvgIpc) is 2.25. The monoisotopic (exact) mass is 237 g/mol. The predicted molar refractivity (Wildman–Crippen MR) is 67.3 cm³/mol. The second-order valence-electron chi connectivity index (χ2n) is 3.52. The van der Waals surface area contributed by atoms with Crippen LogP contribution in [0.2, 0.25) is 0 Å². The third-order valence-electron chi connectivity index (χ3n) is 2.22. The van der Waals surface area contributed by atoms with E-state index in [9.17, 15) is 4.79 Å². The van der Waals surface area contributed by atoms with Gasteiger partial charge in [0.1, 0.15) is 0 Å². The van der Waals surface area contributed by atoms with Gasteiger partial charge in [0.05, 0.1) is 11.0 Å². The van der Waals surface area contributed by atoms with Crippen LogP contribution in [0.25, 0.3) is 0 Å². The number of hydrogen-bond acceptors (Lipinski definition) is 3. The number of aromatic nitrogens is 1. The zero-order valence-electron chi connectivity index (χ0n) is 9.36. The first-order chi connectivity index (χ1) is 7.54. The summed E-state index contributed by atoms with van der Waals surface area (Å²) in [5.74, 6) is -0.176. The molecule has 4 nitrogen and oxygen atoms in total. The first-order valence-electron chi connectivity index (χ1n) is 5.07. The summed E-state index contributed by atoms with van der Waals surface area (Å²) in [5.41, 5.74) is 6.88. The molecule has 1 rings (SSSR count). The lowest BCUT2D eigenvalue weighted by atomic mass is 10.2. The van der Waals surface area contributed by atoms with E-state index in [0.717, 1.165) is 5.69 Å². The van der Waals surface area contributed by atoms with Gasteiger partial charge in [-0.05, 0) is 25.5 Å². The summed E-state index contributed by atoms with van der Waals surface area (Å²) < 4.78 is 0. The van der Waals surface area contributed by atoms with E-state index in [4.69, 9.17) is 18.0 Å². The average molecular weight is 237 g/mol. The zero-order valence-corrected chi connectivity index (χ0v) is 10.2. The first-order valence-corrected chi connectivity index (χ1v) is 5.48. The third-order valence-corrected chi connectivity index (χ3v) is 2.50. The maximum atomic E-state index is 11.8. The van der Waals surface area contributed by atoms with Gasteiger partial charge in [-0.1, -0.05) is 19.1 Å². The summed E-state index contributed by atoms with van der Waals surface area (Å²) in [6.45, 7) is 3.75. The molecule has 0 radical (unpaired) electrons. The summed E-state index contributed by atoms with van der Waals surface area (Å²) >= 11 is 4.86. The highest BCUT2D eigenvalue weighted by Gasteiger charge is 2.14. The van der Waals surface area contributed by atoms with Crippen molar-refractivity contribution < 1.29 is 4.79 Å². The van der Waals surface area contributed by atoms with Crippen molar-refractivity contribution in [2.75, 3.05) is 0 Å². The number of nitrogens with two attached hydrogens (primary N) is 1. The topological polar surface area (TPSA) is 68.0 Å². The van der Waals surface area contributed by atoms with Crippen molar-refractivity contribution in [2.24, 2.45) is 5.73 Å². The number of hydrogen-bond donors (Lipinski definition) is 2. The summed E-state index contributed by atoms with van der Waals surface area (Å²) in [7, 11) is 0. The lowest BCUT2D eigenvalue weighted by Crippen LogP contribution is -2.43. The highest BCUT2D eigenvalue weighted by molar-refractivity contribution is 7.80. The summed E-state index contributed by atoms with van der Waals surface area (Å²) in [5, 5.41) is 2.78. The quantitative estimate of drug-likeness (QED) is 0.772. The molecule has 0 spiro atoms. The SMILES string of the molecule is CCC(NC(=O)c1ccnc(C)c1)C(N)=S. The number of carbonyl (C=O) groups is 1. The third kappa shape index (κ3) is 3.27. The molecule has 0 bridgehead atoms. The maximum absolute atomic E-state index is 11.8. The standard InChI is InChI=1S/C11H15N3OS/c1-3-9(10(12)16)14-11(15)8-4-5-13-7(2)6-8/h4-6,9H,3H2,1-2H3,(H2,12,16)(H,14,15). The van der Waals surface area contributed by atoms with Gasteiger partial charge in [0.25, 0.3) is 5.91 Å². The molecule has 0 aliphatic rings. The van der Waals surface area contributed by atoms with E-state index in [1.54, 1.807) is 18.3 Å². The van der Waals surface area contributed by atoms with Crippen LogP contribution in [0.15, 0.2) is 18.3 Å². The molecule has 5 heteroatoms. The minimum absolute atomic E-state index is 0.176. The van der Waals surface area contributed by atoms with Crippen LogP contribution in [0, 0.1) is 6.92 Å². The largest absolute Gasteiger partial charge is 0.392 e. The predicted octanol–water partition coefficient (Wildman–Crippen LogP) is 1.18. The Hall–Kier alpha value is -1.49. The van der Waals surface area contributed by atoms with Crippen LogP contribution in [-0.4, -0.2) is 21.9 Å². The van der Waals surface area contributed by atoms with Gasteiger partial charge in [-0.2, -0.15) is 0 Å². The fourth-order valence-electron chi connectivity index (χ4n) is 1.30. The Bertz CT molecular complexity index is 406. The minimum Gasteiger partial charge on any atom is -0.392 e. The van der Waals surface area contributed by atoms with Crippen LogP contribution in [-0.2, 0) is 0 Å². The van der Waals surface area contributed by atoms with Crippen molar-refractivity contribution in [1.82, 2.24) is 10.3 Å². The molecule has 0 fully saturated rings. The fourth-order valence-corrected chi connectivity index (χ4v) is 1.53. The molecular weight excluding hydrogens is 222 g/mol. The van der Waals surface area contributed by atoms with E-state index in [1.807, 2.05) is 13.8 Å². The summed E-state index contributed by atoms with van der Waals surface area (Å²) in [4.78, 5) is 16.1. The van der Waals surface area contributed by atoms with E-state index < -0.39 is 0 Å². The maximum Gasteiger partial charge on any atom is 0.251 e. The Kier molecular flexibility index (Phi) is 4.37. The Morgan fingerprint density at radius 3 is 2.88 bits per heavy atom. The van der Waals surface area contributed by atoms with Crippen molar-refractivity contribution >= 4 is 23.1 Å². The van der Waals surface area contributed by atoms with E-state index in [0.29, 0.717) is 17.0 Å². The Morgan fingerprint density at radius 1 is 1.69 bits per heavy atom. The van der Waals surface area contributed by atoms with Crippen LogP contribution < -0.4 is 11.1 Å². The van der Waals surface area contributed by atoms with Crippen LogP contribution in [0.1, 0.15) is 29.4 Å². The number of nitrogens with one attached hydrogen (secondary N) is 1. The van der Waals surface area contributed by atoms with Crippen LogP contribution >= 0.6 is 12.2 Å². The molecule has 1 amide bonds. The Morgan fingerprint density at radius 2 is 2.38 bits per heavy atom. The number of aryl methyl sites for hydroxylation is 1. The molecule has 0 saturated heterocycles. The van der Waals surface area contributed by atoms with Crippen molar-refractivity contribution in [1.29, 1.82) is 0 Å². The smallest absolute Gasteiger partial charge is 0.251 e. The van der Waals surface area contributed by atoms with Crippen LogP contribution in [0.4, 0.5) is 0 Å². The Labute approximate surface area is 100 Å². The molecule has 1 aromatic rings. The lowest BCUT2D eigenvalue weighted by Gasteiger charge is -2.15. The molecule has 1 unspecified atom stereocenters. The van der Waals surface area contributed by atoms with E-state index >= 15 is 0 Å². The van der Waals surface area contributed by atoms with Gasteiger partial charge >= 0.3 is 0 Å². The number of pyridine rings is 1. The van der Waals surface area contributed by atoms with Crippen molar-refractivity contribution in [2.45, 2.75) is 26.3 Å². The van der Waals surface area contributed by atoms with Crippen molar-refractivity contribution in [3.8, 4) is 0 Å². The van der Waals surface area contributed by atoms with Crippen molar-refractivity contribution in [3.63, 3.8) is 0 Å². The molecule has 1 heterocycles. The molecule has 0 aromatic carbocycles. The van der Waals surface area contributed by atoms with E-state index in [-0.39, 0.29) is 11.9 Å². The lowest BCUT2D eigenvalue weighted by molar-refractivity contribution is 0.0946. The molecular formula is C11H15N3OS. The van der Waals surface area contributed by atoms with Gasteiger partial charge in [0.2, 0.25) is 0 Å². The summed E-state index contributed by atoms with van der Waals surface area (Å²) in [6.07, 6.45) is 2.29. The molecule has 3 N–H and O–H groups in total. The van der Waals surface area contributed by atoms with Gasteiger partial charge < -0.3 is 11.1 Å². The first kappa shape index (κ1) is 12.6. The highest BCUT2D eigenvalue weighted by Crippen LogP contribution is 2.02. The Balaban J connectivity index is 2.75. The molecule has 1 aromatic heterocycles. The molecule has 0 aliphatic carbocycles. The van der Waals surface area contributed by atoms with E-state index in [2.05, 4.69) is 10.3 Å². The number of amides is 1. The van der Waals surface area contributed by atoms with Crippen molar-refractivity contribution in [3.05, 3.63) is 29.6 Å². The van der Waals surface area contributed by atoms with Gasteiger partial charge in [-0.25, -0.2) is 0 Å². The molecule has 0 aliphatic heterocycles. The molecule has 16 heavy (non-hydrogen) atoms. The second-order valence-corrected chi connectivity index (χ2v) is 3.99. The van der Waals surface area contributed by atoms with Gasteiger partial charge in [-0.3, -0.25) is 9.78 Å². The molecule has 86 valence electrons. The number of rotatable bonds is 4. The fraction of sp³-hybridized carbons (Fsp3) is 0.364. The number of nitrogens with zero attached hydrogens (tertiary/aromatic N) is 1. The van der Waals surface area contributed by atoms with Crippen LogP contribution in [0.5, 0.6) is 0 Å². The zero-order chi connectivity index (χ0) is 12.1. The van der Waals surface area contributed by atoms with E-state index in [1.165, 1.54) is 0 Å². The van der Waals surface area contributed by atoms with Gasteiger partial charge in [0.15, 0.2) is 0 Å². The highest BCUT2D eigenvalue weighted by atomic mass is 32.1. The van der Waals surface area contributed by atoms with Gasteiger partial charge in [0, 0.05) is 17.5 Å². The second kappa shape index (κ2) is 5.55. The number of carbonyl (C=O) groups excluding carboxylic acids is 1. The summed E-state index contributed by atoms with van der Waals surface area (Å²) in [6, 6.07) is 3.13. The molecule has 0 saturated carbocycles. The minimum atomic E-state index is -0.254. The van der Waals surface area contributed by atoms with Crippen LogP contribution in [0.3, 0.4) is 0 Å². The molecule has 1 atom stereocenters.